The van der Waals surface area contributed by atoms with Crippen LogP contribution in [0, 0.1) is 0 Å². The Morgan fingerprint density at radius 2 is 1.59 bits per heavy atom. The molecule has 0 radical (unpaired) electrons. The van der Waals surface area contributed by atoms with Gasteiger partial charge in [-0.2, -0.15) is 0 Å². The summed E-state index contributed by atoms with van der Waals surface area (Å²) in [7, 11) is 1.65. The first kappa shape index (κ1) is 16.9. The smallest absolute Gasteiger partial charge is 0.136 e. The lowest BCUT2D eigenvalue weighted by Crippen LogP contribution is -2.41. The Morgan fingerprint density at radius 3 is 2.18 bits per heavy atom. The molecule has 22 heavy (non-hydrogen) atoms. The van der Waals surface area contributed by atoms with E-state index >= 15 is 0 Å². The Kier molecular flexibility index (Phi) is 5.51. The van der Waals surface area contributed by atoms with Crippen LogP contribution in [0.2, 0.25) is 0 Å². The van der Waals surface area contributed by atoms with Crippen LogP contribution in [0.5, 0.6) is 5.75 Å². The molecule has 0 saturated carbocycles. The predicted octanol–water partition coefficient (Wildman–Crippen LogP) is 3.84. The van der Waals surface area contributed by atoms with Crippen LogP contribution in [0.4, 0.5) is 0 Å². The Balaban J connectivity index is 2.42. The molecule has 0 aliphatic heterocycles. The largest absolute Gasteiger partial charge is 0.598 e. The maximum atomic E-state index is 12.6. The van der Waals surface area contributed by atoms with Crippen LogP contribution >= 0.6 is 0 Å². The van der Waals surface area contributed by atoms with E-state index in [0.29, 0.717) is 0 Å². The number of nitrogens with one attached hydrogen (secondary N) is 1. The maximum Gasteiger partial charge on any atom is 0.136 e. The molecule has 0 spiro atoms. The molecule has 0 fully saturated rings. The van der Waals surface area contributed by atoms with E-state index in [4.69, 9.17) is 4.74 Å². The van der Waals surface area contributed by atoms with Gasteiger partial charge in [0, 0.05) is 16.9 Å². The van der Waals surface area contributed by atoms with Crippen LogP contribution in [0.3, 0.4) is 0 Å². The molecule has 0 aliphatic carbocycles. The van der Waals surface area contributed by atoms with Gasteiger partial charge in [-0.3, -0.25) is 0 Å². The van der Waals surface area contributed by atoms with Crippen molar-refractivity contribution in [1.29, 1.82) is 0 Å². The van der Waals surface area contributed by atoms with Gasteiger partial charge >= 0.3 is 0 Å². The predicted molar refractivity (Wildman–Crippen MR) is 92.3 cm³/mol. The number of rotatable bonds is 5. The van der Waals surface area contributed by atoms with E-state index in [1.54, 1.807) is 7.11 Å². The monoisotopic (exact) mass is 317 g/mol. The molecule has 4 heteroatoms. The molecule has 0 bridgehead atoms. The molecule has 0 aliphatic rings. The van der Waals surface area contributed by atoms with E-state index in [1.807, 2.05) is 75.4 Å². The topological polar surface area (TPSA) is 44.3 Å². The molecule has 0 saturated heterocycles. The van der Waals surface area contributed by atoms with Crippen LogP contribution in [0.15, 0.2) is 54.6 Å². The van der Waals surface area contributed by atoms with Crippen molar-refractivity contribution in [2.45, 2.75) is 31.6 Å². The third-order valence-corrected chi connectivity index (χ3v) is 4.93. The highest BCUT2D eigenvalue weighted by Gasteiger charge is 2.31. The van der Waals surface area contributed by atoms with Crippen molar-refractivity contribution in [3.8, 4) is 5.75 Å². The molecule has 0 heterocycles. The number of hydrogen-bond acceptors (Lipinski definition) is 3. The Hall–Kier alpha value is -1.49. The van der Waals surface area contributed by atoms with E-state index in [9.17, 15) is 4.55 Å². The number of hydrogen-bond donors (Lipinski definition) is 1. The van der Waals surface area contributed by atoms with Gasteiger partial charge in [0.2, 0.25) is 0 Å². The fourth-order valence-electron chi connectivity index (χ4n) is 2.15. The summed E-state index contributed by atoms with van der Waals surface area (Å²) < 4.78 is 21.0. The van der Waals surface area contributed by atoms with Gasteiger partial charge in [-0.15, -0.1) is 4.72 Å². The zero-order valence-electron chi connectivity index (χ0n) is 13.5. The van der Waals surface area contributed by atoms with E-state index in [2.05, 4.69) is 4.72 Å². The van der Waals surface area contributed by atoms with Crippen molar-refractivity contribution in [3.63, 3.8) is 0 Å². The number of para-hydroxylation sites is 1. The lowest BCUT2D eigenvalue weighted by molar-refractivity contribution is 0.406. The molecule has 2 atom stereocenters. The second-order valence-corrected chi connectivity index (χ2v) is 8.08. The van der Waals surface area contributed by atoms with Gasteiger partial charge < -0.3 is 9.29 Å². The second kappa shape index (κ2) is 7.18. The molecule has 2 aromatic carbocycles. The summed E-state index contributed by atoms with van der Waals surface area (Å²) in [5.41, 5.74) is 2.04. The third kappa shape index (κ3) is 4.03. The first-order chi connectivity index (χ1) is 10.4. The molecular weight excluding hydrogens is 294 g/mol. The summed E-state index contributed by atoms with van der Waals surface area (Å²) >= 11 is -1.18. The lowest BCUT2D eigenvalue weighted by atomic mass is 9.99. The van der Waals surface area contributed by atoms with Crippen molar-refractivity contribution in [2.24, 2.45) is 0 Å². The van der Waals surface area contributed by atoms with Crippen molar-refractivity contribution in [3.05, 3.63) is 65.7 Å². The van der Waals surface area contributed by atoms with Crippen molar-refractivity contribution in [1.82, 2.24) is 4.72 Å². The van der Waals surface area contributed by atoms with Crippen molar-refractivity contribution in [2.75, 3.05) is 7.11 Å². The van der Waals surface area contributed by atoms with Crippen LogP contribution in [-0.4, -0.2) is 16.4 Å². The van der Waals surface area contributed by atoms with Crippen LogP contribution < -0.4 is 9.46 Å². The molecule has 1 N–H and O–H groups in total. The van der Waals surface area contributed by atoms with Gasteiger partial charge in [0.1, 0.15) is 16.5 Å². The Labute approximate surface area is 136 Å². The zero-order valence-corrected chi connectivity index (χ0v) is 14.3. The van der Waals surface area contributed by atoms with Crippen LogP contribution in [-0.2, 0) is 11.4 Å². The summed E-state index contributed by atoms with van der Waals surface area (Å²) in [5, 5.41) is 0. The number of ether oxygens (including phenoxy) is 1. The lowest BCUT2D eigenvalue weighted by Gasteiger charge is -2.29. The molecule has 3 nitrogen and oxygen atoms in total. The molecule has 2 rings (SSSR count). The minimum absolute atomic E-state index is 0.183. The van der Waals surface area contributed by atoms with Gasteiger partial charge in [0.25, 0.3) is 0 Å². The molecule has 2 aromatic rings. The Bertz CT molecular complexity index is 596. The van der Waals surface area contributed by atoms with Gasteiger partial charge in [-0.05, 0) is 32.4 Å². The van der Waals surface area contributed by atoms with E-state index in [0.717, 1.165) is 16.9 Å². The molecule has 0 aromatic heterocycles. The summed E-state index contributed by atoms with van der Waals surface area (Å²) in [6, 6.07) is 17.7. The molecule has 0 amide bonds. The standard InChI is InChI=1S/C18H23NO2S/c1-18(2,3)22(20)19-17(14-10-6-5-7-11-14)15-12-8-9-13-16(15)21-4/h5-13,17,19H,1-4H3/t17-,22?/m0/s1. The maximum absolute atomic E-state index is 12.6. The SMILES string of the molecule is COc1ccccc1[C@@H](N[S+]([O-])C(C)(C)C)c1ccccc1. The average Bonchev–Trinajstić information content (AvgIpc) is 2.52. The van der Waals surface area contributed by atoms with Crippen LogP contribution in [0.1, 0.15) is 37.9 Å². The first-order valence-corrected chi connectivity index (χ1v) is 8.44. The molecular formula is C18H23NO2S. The number of methoxy groups -OCH3 is 1. The molecule has 1 unspecified atom stereocenters. The normalized spacial score (nSPS) is 14.4. The van der Waals surface area contributed by atoms with E-state index in [1.165, 1.54) is 0 Å². The van der Waals surface area contributed by atoms with Gasteiger partial charge in [-0.25, -0.2) is 0 Å². The van der Waals surface area contributed by atoms with Gasteiger partial charge in [0.15, 0.2) is 0 Å². The number of benzene rings is 2. The molecule has 118 valence electrons. The first-order valence-electron chi connectivity index (χ1n) is 7.29. The van der Waals surface area contributed by atoms with Crippen LogP contribution in [0.25, 0.3) is 0 Å². The summed E-state index contributed by atoms with van der Waals surface area (Å²) in [6.45, 7) is 5.88. The quantitative estimate of drug-likeness (QED) is 0.852. The second-order valence-electron chi connectivity index (χ2n) is 6.08. The summed E-state index contributed by atoms with van der Waals surface area (Å²) in [5.74, 6) is 0.787. The third-order valence-electron chi connectivity index (χ3n) is 3.36. The highest BCUT2D eigenvalue weighted by atomic mass is 32.2. The highest BCUT2D eigenvalue weighted by Crippen LogP contribution is 2.31. The van der Waals surface area contributed by atoms with Crippen molar-refractivity contribution < 1.29 is 9.29 Å². The summed E-state index contributed by atoms with van der Waals surface area (Å²) in [6.07, 6.45) is 0. The fourth-order valence-corrected chi connectivity index (χ4v) is 2.98. The Morgan fingerprint density at radius 1 is 1.00 bits per heavy atom. The fraction of sp³-hybridized carbons (Fsp3) is 0.333. The summed E-state index contributed by atoms with van der Waals surface area (Å²) in [4.78, 5) is 0. The minimum atomic E-state index is -1.18. The van der Waals surface area contributed by atoms with Gasteiger partial charge in [0.05, 0.1) is 7.11 Å². The van der Waals surface area contributed by atoms with E-state index in [-0.39, 0.29) is 10.8 Å². The van der Waals surface area contributed by atoms with E-state index < -0.39 is 11.4 Å². The highest BCUT2D eigenvalue weighted by molar-refractivity contribution is 7.90. The zero-order chi connectivity index (χ0) is 16.2. The van der Waals surface area contributed by atoms with Gasteiger partial charge in [-0.1, -0.05) is 48.5 Å². The average molecular weight is 317 g/mol. The van der Waals surface area contributed by atoms with Crippen molar-refractivity contribution >= 4 is 11.4 Å². The minimum Gasteiger partial charge on any atom is -0.598 e.